The summed E-state index contributed by atoms with van der Waals surface area (Å²) >= 11 is 0. The van der Waals surface area contributed by atoms with Crippen molar-refractivity contribution in [2.24, 2.45) is 0 Å². The van der Waals surface area contributed by atoms with E-state index in [1.54, 1.807) is 6.07 Å². The molecule has 184 valence electrons. The van der Waals surface area contributed by atoms with E-state index in [9.17, 15) is 28.0 Å². The molecule has 0 unspecified atom stereocenters. The summed E-state index contributed by atoms with van der Waals surface area (Å²) in [5.74, 6) is -2.06. The fourth-order valence-corrected chi connectivity index (χ4v) is 5.08. The number of hydrogen-bond acceptors (Lipinski definition) is 5. The Bertz CT molecular complexity index is 990. The quantitative estimate of drug-likeness (QED) is 0.667. The van der Waals surface area contributed by atoms with Crippen molar-refractivity contribution >= 4 is 23.6 Å². The highest BCUT2D eigenvalue weighted by Crippen LogP contribution is 2.34. The summed E-state index contributed by atoms with van der Waals surface area (Å²) in [5.41, 5.74) is 0.672. The van der Waals surface area contributed by atoms with Gasteiger partial charge in [0.1, 0.15) is 23.7 Å². The van der Waals surface area contributed by atoms with Crippen LogP contribution in [0.4, 0.5) is 8.78 Å². The van der Waals surface area contributed by atoms with E-state index in [-0.39, 0.29) is 31.1 Å². The summed E-state index contributed by atoms with van der Waals surface area (Å²) in [4.78, 5) is 53.3. The van der Waals surface area contributed by atoms with Gasteiger partial charge in [-0.15, -0.1) is 0 Å². The van der Waals surface area contributed by atoms with Crippen LogP contribution in [0.15, 0.2) is 18.2 Å². The van der Waals surface area contributed by atoms with Crippen LogP contribution in [-0.4, -0.2) is 77.9 Å². The van der Waals surface area contributed by atoms with Crippen molar-refractivity contribution in [2.45, 2.75) is 56.8 Å². The van der Waals surface area contributed by atoms with Gasteiger partial charge in [-0.05, 0) is 25.3 Å². The molecule has 0 radical (unpaired) electrons. The van der Waals surface area contributed by atoms with Crippen LogP contribution in [-0.2, 0) is 19.2 Å². The zero-order valence-corrected chi connectivity index (χ0v) is 18.9. The van der Waals surface area contributed by atoms with Crippen molar-refractivity contribution < 1.29 is 32.7 Å². The molecular formula is C23H28F2N4O5. The molecule has 2 fully saturated rings. The monoisotopic (exact) mass is 478 g/mol. The Balaban J connectivity index is 1.53. The summed E-state index contributed by atoms with van der Waals surface area (Å²) in [6.45, 7) is 0.458. The molecule has 11 heteroatoms. The van der Waals surface area contributed by atoms with Crippen LogP contribution in [0.2, 0.25) is 0 Å². The predicted octanol–water partition coefficient (Wildman–Crippen LogP) is 0.832. The topological polar surface area (TPSA) is 108 Å². The Morgan fingerprint density at radius 3 is 2.65 bits per heavy atom. The molecule has 1 aromatic rings. The highest BCUT2D eigenvalue weighted by Gasteiger charge is 2.45. The van der Waals surface area contributed by atoms with Crippen LogP contribution in [0, 0.1) is 5.82 Å². The second-order valence-corrected chi connectivity index (χ2v) is 8.89. The van der Waals surface area contributed by atoms with Crippen LogP contribution in [0.1, 0.15) is 44.2 Å². The van der Waals surface area contributed by atoms with Crippen LogP contribution >= 0.6 is 0 Å². The third-order valence-corrected chi connectivity index (χ3v) is 6.67. The average molecular weight is 478 g/mol. The first-order valence-corrected chi connectivity index (χ1v) is 11.4. The second-order valence-electron chi connectivity index (χ2n) is 8.89. The molecule has 4 amide bonds. The van der Waals surface area contributed by atoms with Gasteiger partial charge >= 0.3 is 0 Å². The lowest BCUT2D eigenvalue weighted by Crippen LogP contribution is -2.61. The average Bonchev–Trinajstić information content (AvgIpc) is 3.22. The zero-order valence-electron chi connectivity index (χ0n) is 18.9. The minimum Gasteiger partial charge on any atom is -0.493 e. The highest BCUT2D eigenvalue weighted by atomic mass is 19.1. The fourth-order valence-electron chi connectivity index (χ4n) is 5.08. The SMILES string of the molecule is CC(=O)N[C@H]1CN(C(=O)CF)CC[C@H]2CC[C@@H](C(=O)N[C@@H]3CCOc4cc(F)ccc43)N2C1=O. The van der Waals surface area contributed by atoms with Crippen molar-refractivity contribution in [1.82, 2.24) is 20.4 Å². The fraction of sp³-hybridized carbons (Fsp3) is 0.565. The van der Waals surface area contributed by atoms with Gasteiger partial charge in [0, 0.05) is 44.1 Å². The number of carbonyl (C=O) groups excluding carboxylic acids is 4. The maximum atomic E-state index is 13.6. The Hall–Kier alpha value is -3.24. The van der Waals surface area contributed by atoms with Crippen LogP contribution in [0.25, 0.3) is 0 Å². The van der Waals surface area contributed by atoms with Gasteiger partial charge in [-0.25, -0.2) is 8.78 Å². The molecule has 1 aromatic carbocycles. The second kappa shape index (κ2) is 9.94. The summed E-state index contributed by atoms with van der Waals surface area (Å²) in [5, 5.41) is 5.53. The van der Waals surface area contributed by atoms with E-state index in [4.69, 9.17) is 4.74 Å². The molecule has 0 saturated carbocycles. The Morgan fingerprint density at radius 2 is 1.91 bits per heavy atom. The van der Waals surface area contributed by atoms with Gasteiger partial charge in [-0.2, -0.15) is 0 Å². The van der Waals surface area contributed by atoms with Gasteiger partial charge in [0.2, 0.25) is 17.7 Å². The summed E-state index contributed by atoms with van der Waals surface area (Å²) in [6, 6.07) is 1.65. The van der Waals surface area contributed by atoms with E-state index in [1.807, 2.05) is 0 Å². The molecule has 0 bridgehead atoms. The molecule has 0 aliphatic carbocycles. The normalized spacial score (nSPS) is 26.5. The number of halogens is 2. The van der Waals surface area contributed by atoms with Crippen molar-refractivity contribution in [1.29, 1.82) is 0 Å². The summed E-state index contributed by atoms with van der Waals surface area (Å²) < 4.78 is 32.1. The maximum absolute atomic E-state index is 13.6. The summed E-state index contributed by atoms with van der Waals surface area (Å²) in [7, 11) is 0. The minimum atomic E-state index is -1.18. The van der Waals surface area contributed by atoms with Gasteiger partial charge in [-0.3, -0.25) is 19.2 Å². The van der Waals surface area contributed by atoms with E-state index in [0.717, 1.165) is 0 Å². The molecule has 2 N–H and O–H groups in total. The lowest BCUT2D eigenvalue weighted by molar-refractivity contribution is -0.147. The predicted molar refractivity (Wildman–Crippen MR) is 116 cm³/mol. The van der Waals surface area contributed by atoms with Crippen LogP contribution < -0.4 is 15.4 Å². The van der Waals surface area contributed by atoms with Gasteiger partial charge in [0.25, 0.3) is 5.91 Å². The van der Waals surface area contributed by atoms with Crippen LogP contribution in [0.5, 0.6) is 5.75 Å². The molecule has 3 aliphatic heterocycles. The first-order valence-electron chi connectivity index (χ1n) is 11.4. The minimum absolute atomic E-state index is 0.155. The maximum Gasteiger partial charge on any atom is 0.254 e. The molecular weight excluding hydrogens is 450 g/mol. The Labute approximate surface area is 195 Å². The van der Waals surface area contributed by atoms with Crippen molar-refractivity contribution in [3.63, 3.8) is 0 Å². The molecule has 4 atom stereocenters. The first kappa shape index (κ1) is 23.9. The number of fused-ring (bicyclic) bond motifs is 2. The van der Waals surface area contributed by atoms with E-state index < -0.39 is 42.3 Å². The van der Waals surface area contributed by atoms with E-state index in [0.29, 0.717) is 43.6 Å². The van der Waals surface area contributed by atoms with Gasteiger partial charge in [0.05, 0.1) is 12.6 Å². The van der Waals surface area contributed by atoms with Gasteiger partial charge in [-0.1, -0.05) is 6.07 Å². The summed E-state index contributed by atoms with van der Waals surface area (Å²) in [6.07, 6.45) is 1.88. The number of benzene rings is 1. The number of ether oxygens (including phenoxy) is 1. The van der Waals surface area contributed by atoms with Gasteiger partial charge in [0.15, 0.2) is 6.67 Å². The zero-order chi connectivity index (χ0) is 24.4. The number of alkyl halides is 1. The van der Waals surface area contributed by atoms with E-state index in [1.165, 1.54) is 28.9 Å². The number of rotatable bonds is 4. The molecule has 3 heterocycles. The first-order chi connectivity index (χ1) is 16.3. The smallest absolute Gasteiger partial charge is 0.254 e. The number of amides is 4. The standard InChI is InChI=1S/C23H28F2N4O5/c1-13(30)26-18-12-28(21(31)11-24)8-6-15-3-5-19(29(15)23(18)33)22(32)27-17-7-9-34-20-10-14(25)2-4-16(17)20/h2,4,10,15,17-19H,3,5-9,11-12H2,1H3,(H,26,30)(H,27,32)/t15-,17-,18+,19+/m1/s1. The number of nitrogens with zero attached hydrogens (tertiary/aromatic N) is 2. The lowest BCUT2D eigenvalue weighted by Gasteiger charge is -2.39. The van der Waals surface area contributed by atoms with E-state index in [2.05, 4.69) is 10.6 Å². The molecule has 3 aliphatic rings. The third-order valence-electron chi connectivity index (χ3n) is 6.67. The van der Waals surface area contributed by atoms with Crippen molar-refractivity contribution in [3.8, 4) is 5.75 Å². The molecule has 4 rings (SSSR count). The largest absolute Gasteiger partial charge is 0.493 e. The van der Waals surface area contributed by atoms with Gasteiger partial charge < -0.3 is 25.2 Å². The molecule has 34 heavy (non-hydrogen) atoms. The molecule has 9 nitrogen and oxygen atoms in total. The van der Waals surface area contributed by atoms with E-state index >= 15 is 0 Å². The Kier molecular flexibility index (Phi) is 6.99. The number of nitrogens with one attached hydrogen (secondary N) is 2. The molecule has 0 aromatic heterocycles. The number of hydrogen-bond donors (Lipinski definition) is 2. The van der Waals surface area contributed by atoms with Crippen LogP contribution in [0.3, 0.4) is 0 Å². The van der Waals surface area contributed by atoms with Crippen molar-refractivity contribution in [3.05, 3.63) is 29.6 Å². The number of carbonyl (C=O) groups is 4. The third kappa shape index (κ3) is 4.83. The lowest BCUT2D eigenvalue weighted by atomic mass is 9.99. The highest BCUT2D eigenvalue weighted by molar-refractivity contribution is 5.93. The Morgan fingerprint density at radius 1 is 1.12 bits per heavy atom. The molecule has 2 saturated heterocycles. The molecule has 0 spiro atoms. The van der Waals surface area contributed by atoms with Crippen molar-refractivity contribution in [2.75, 3.05) is 26.4 Å².